The Morgan fingerprint density at radius 1 is 0.368 bits per heavy atom. The number of rotatable bonds is 0. The zero-order chi connectivity index (χ0) is 15.5. The second-order valence-corrected chi connectivity index (χ2v) is 1.72. The van der Waals surface area contributed by atoms with E-state index < -0.39 is 35.8 Å². The largest absolute Gasteiger partial charge is 6.00 e. The van der Waals surface area contributed by atoms with E-state index in [0.29, 0.717) is 0 Å². The van der Waals surface area contributed by atoms with Crippen molar-refractivity contribution in [2.45, 2.75) is 0 Å². The van der Waals surface area contributed by atoms with Gasteiger partial charge in [0.25, 0.3) is 0 Å². The van der Waals surface area contributed by atoms with Crippen molar-refractivity contribution in [2.75, 3.05) is 0 Å². The number of carbonyl (C=O) groups excluding carboxylic acids is 6. The van der Waals surface area contributed by atoms with Crippen LogP contribution in [0, 0.1) is 0 Å². The van der Waals surface area contributed by atoms with Gasteiger partial charge >= 0.3 is 19.5 Å². The fourth-order valence-electron chi connectivity index (χ4n) is 0. The van der Waals surface area contributed by atoms with Gasteiger partial charge in [0.05, 0.1) is 35.8 Å². The van der Waals surface area contributed by atoms with E-state index in [9.17, 15) is 0 Å². The molecule has 0 heterocycles. The maximum absolute atomic E-state index is 8.93. The van der Waals surface area contributed by atoms with Gasteiger partial charge in [-0.25, -0.2) is 0 Å². The Bertz CT molecular complexity index is 277. The number of aliphatic carboxylic acids is 6. The van der Waals surface area contributed by atoms with Gasteiger partial charge in [-0.15, -0.1) is 0 Å². The fraction of sp³-hybridized carbons (Fsp3) is 0. The van der Waals surface area contributed by atoms with Crippen molar-refractivity contribution in [3.05, 3.63) is 0 Å². The maximum Gasteiger partial charge on any atom is 6.00 e. The molecule has 0 unspecified atom stereocenters. The summed E-state index contributed by atoms with van der Waals surface area (Å²) < 4.78 is 0. The van der Waals surface area contributed by atoms with E-state index >= 15 is 0 Å². The van der Waals surface area contributed by atoms with Gasteiger partial charge in [-0.3, -0.25) is 0 Å². The summed E-state index contributed by atoms with van der Waals surface area (Å²) in [7, 11) is 0. The van der Waals surface area contributed by atoms with Crippen LogP contribution < -0.4 is 30.6 Å². The molecule has 12 nitrogen and oxygen atoms in total. The van der Waals surface area contributed by atoms with E-state index in [2.05, 4.69) is 0 Å². The van der Waals surface area contributed by atoms with Gasteiger partial charge in [0.2, 0.25) is 0 Å². The van der Waals surface area contributed by atoms with Gasteiger partial charge in [-0.05, 0) is 0 Å². The predicted octanol–water partition coefficient (Wildman–Crippen LogP) is -10.5. The first kappa shape index (κ1) is 25.3. The second-order valence-electron chi connectivity index (χ2n) is 1.72. The maximum atomic E-state index is 8.93. The van der Waals surface area contributed by atoms with Crippen LogP contribution in [-0.4, -0.2) is 35.8 Å². The van der Waals surface area contributed by atoms with Gasteiger partial charge in [0.1, 0.15) is 0 Å². The second kappa shape index (κ2) is 13.5. The molecule has 104 valence electrons. The normalized spacial score (nSPS) is 6.95. The predicted molar refractivity (Wildman–Crippen MR) is 30.0 cm³/mol. The molecule has 0 saturated heterocycles. The SMILES string of the molecule is O=C([O-])C(=O)[O-].O=C([O-])C(=O)[O-].O=C([O-])C(=O)[O-].[Ru+6]. The summed E-state index contributed by atoms with van der Waals surface area (Å²) in [4.78, 5) is 53.6. The minimum atomic E-state index is -2.19. The van der Waals surface area contributed by atoms with Crippen LogP contribution >= 0.6 is 0 Å². The first-order valence-electron chi connectivity index (χ1n) is 3.20. The van der Waals surface area contributed by atoms with E-state index in [0.717, 1.165) is 0 Å². The Morgan fingerprint density at radius 3 is 0.421 bits per heavy atom. The molecule has 0 saturated carbocycles. The first-order valence-corrected chi connectivity index (χ1v) is 3.20. The van der Waals surface area contributed by atoms with Crippen LogP contribution in [-0.2, 0) is 48.2 Å². The Hall–Kier alpha value is -2.56. The molecule has 0 aliphatic carbocycles. The zero-order valence-electron chi connectivity index (χ0n) is 8.25. The topological polar surface area (TPSA) is 241 Å². The number of carboxylic acid groups (broad SMARTS) is 6. The molecule has 0 aromatic heterocycles. The number of hydrogen-bond acceptors (Lipinski definition) is 12. The zero-order valence-corrected chi connectivity index (χ0v) is 9.99. The Labute approximate surface area is 115 Å². The van der Waals surface area contributed by atoms with Crippen molar-refractivity contribution in [1.29, 1.82) is 0 Å². The third-order valence-corrected chi connectivity index (χ3v) is 0.500. The molecule has 19 heavy (non-hydrogen) atoms. The molecule has 0 amide bonds. The molecule has 0 rings (SSSR count). The molecule has 0 atom stereocenters. The summed E-state index contributed by atoms with van der Waals surface area (Å²) in [6.07, 6.45) is 0. The molecule has 0 aromatic carbocycles. The fourth-order valence-corrected chi connectivity index (χ4v) is 0. The molecule has 0 radical (unpaired) electrons. The van der Waals surface area contributed by atoms with Crippen LogP contribution in [0.3, 0.4) is 0 Å². The number of hydrogen-bond donors (Lipinski definition) is 0. The quantitative estimate of drug-likeness (QED) is 0.287. The Balaban J connectivity index is -0.0000000865. The molecule has 0 N–H and O–H groups in total. The van der Waals surface area contributed by atoms with E-state index in [-0.39, 0.29) is 19.5 Å². The van der Waals surface area contributed by atoms with Gasteiger partial charge in [-0.2, -0.15) is 0 Å². The molecule has 0 spiro atoms. The standard InChI is InChI=1S/3C2H2O4.Ru/c3*3-1(4)2(5)6;/h3*(H,3,4)(H,5,6);/q;;;+6/p-6. The molecule has 0 aliphatic rings. The molecule has 13 heteroatoms. The van der Waals surface area contributed by atoms with Gasteiger partial charge in [-0.1, -0.05) is 0 Å². The number of carbonyl (C=O) groups is 6. The van der Waals surface area contributed by atoms with Crippen molar-refractivity contribution >= 4 is 35.8 Å². The molecular weight excluding hydrogens is 365 g/mol. The molecule has 0 bridgehead atoms. The summed E-state index contributed by atoms with van der Waals surface area (Å²) in [5.41, 5.74) is 0. The molecular formula is C6O12Ru. The van der Waals surface area contributed by atoms with Gasteiger partial charge in [0, 0.05) is 0 Å². The smallest absolute Gasteiger partial charge is 0.543 e. The van der Waals surface area contributed by atoms with Crippen LogP contribution in [0.1, 0.15) is 0 Å². The van der Waals surface area contributed by atoms with Crippen molar-refractivity contribution in [3.8, 4) is 0 Å². The minimum Gasteiger partial charge on any atom is -0.543 e. The molecule has 0 fully saturated rings. The van der Waals surface area contributed by atoms with Crippen LogP contribution in [0.2, 0.25) is 0 Å². The molecule has 0 aliphatic heterocycles. The van der Waals surface area contributed by atoms with Gasteiger partial charge in [0.15, 0.2) is 0 Å². The van der Waals surface area contributed by atoms with Gasteiger partial charge < -0.3 is 59.4 Å². The molecule has 0 aromatic rings. The van der Waals surface area contributed by atoms with E-state index in [4.69, 9.17) is 59.4 Å². The van der Waals surface area contributed by atoms with Crippen molar-refractivity contribution in [1.82, 2.24) is 0 Å². The van der Waals surface area contributed by atoms with E-state index in [1.165, 1.54) is 0 Å². The summed E-state index contributed by atoms with van der Waals surface area (Å²) >= 11 is 0. The summed E-state index contributed by atoms with van der Waals surface area (Å²) in [6, 6.07) is 0. The third-order valence-electron chi connectivity index (χ3n) is 0.500. The van der Waals surface area contributed by atoms with Crippen LogP contribution in [0.15, 0.2) is 0 Å². The monoisotopic (exact) mass is 366 g/mol. The van der Waals surface area contributed by atoms with Crippen molar-refractivity contribution in [3.63, 3.8) is 0 Å². The Kier molecular flexibility index (Phi) is 18.0. The average molecular weight is 365 g/mol. The van der Waals surface area contributed by atoms with Crippen LogP contribution in [0.5, 0.6) is 0 Å². The van der Waals surface area contributed by atoms with Crippen LogP contribution in [0.25, 0.3) is 0 Å². The third kappa shape index (κ3) is 31.3. The first-order chi connectivity index (χ1) is 7.93. The minimum absolute atomic E-state index is 0. The van der Waals surface area contributed by atoms with E-state index in [1.54, 1.807) is 0 Å². The number of carboxylic acids is 6. The summed E-state index contributed by atoms with van der Waals surface area (Å²) in [5.74, 6) is -13.1. The van der Waals surface area contributed by atoms with E-state index in [1.807, 2.05) is 0 Å². The van der Waals surface area contributed by atoms with Crippen LogP contribution in [0.4, 0.5) is 0 Å². The summed E-state index contributed by atoms with van der Waals surface area (Å²) in [5, 5.41) is 53.6. The van der Waals surface area contributed by atoms with Crippen molar-refractivity contribution in [2.24, 2.45) is 0 Å². The Morgan fingerprint density at radius 2 is 0.421 bits per heavy atom. The average Bonchev–Trinajstić information content (AvgIpc) is 2.18. The summed E-state index contributed by atoms with van der Waals surface area (Å²) in [6.45, 7) is 0. The van der Waals surface area contributed by atoms with Crippen molar-refractivity contribution < 1.29 is 78.9 Å².